The second-order valence-corrected chi connectivity index (χ2v) is 7.39. The number of nitrogens with two attached hydrogens (primary N) is 1. The zero-order chi connectivity index (χ0) is 16.3. The van der Waals surface area contributed by atoms with E-state index in [9.17, 15) is 9.59 Å². The summed E-state index contributed by atoms with van der Waals surface area (Å²) in [6.45, 7) is 9.07. The number of urea groups is 1. The molecule has 2 N–H and O–H groups in total. The number of amides is 3. The zero-order valence-corrected chi connectivity index (χ0v) is 14.0. The van der Waals surface area contributed by atoms with Crippen molar-refractivity contribution in [2.45, 2.75) is 40.0 Å². The van der Waals surface area contributed by atoms with E-state index in [0.717, 1.165) is 0 Å². The Morgan fingerprint density at radius 3 is 2.27 bits per heavy atom. The molecule has 2 rings (SSSR count). The third kappa shape index (κ3) is 3.81. The van der Waals surface area contributed by atoms with Gasteiger partial charge in [-0.25, -0.2) is 4.79 Å². The lowest BCUT2D eigenvalue weighted by atomic mass is 9.64. The zero-order valence-electron chi connectivity index (χ0n) is 14.0. The average molecular weight is 307 g/mol. The van der Waals surface area contributed by atoms with E-state index < -0.39 is 6.03 Å². The highest BCUT2D eigenvalue weighted by molar-refractivity contribution is 5.87. The molecule has 0 aromatic heterocycles. The van der Waals surface area contributed by atoms with Gasteiger partial charge in [0.2, 0.25) is 5.91 Å². The van der Waals surface area contributed by atoms with Crippen molar-refractivity contribution in [3.63, 3.8) is 0 Å². The smallest absolute Gasteiger partial charge is 0.314 e. The molecule has 2 fully saturated rings. The Morgan fingerprint density at radius 1 is 1.14 bits per heavy atom. The summed E-state index contributed by atoms with van der Waals surface area (Å²) in [6.07, 6.45) is 7.60. The maximum Gasteiger partial charge on any atom is 0.314 e. The highest BCUT2D eigenvalue weighted by atomic mass is 16.2. The standard InChI is InChI=1S/C17H29N3O2/c1-13-5-4-8-17(2,3)14(13)6-7-15(21)19-9-11-20(12-10-19)16(18)22/h6-7,13-14H,4-5,8-12H2,1-3H3,(H2,18,22)/b7-6+/t13-,14?/m0/s1. The lowest BCUT2D eigenvalue weighted by Gasteiger charge is -2.41. The Bertz CT molecular complexity index is 451. The Balaban J connectivity index is 1.92. The molecule has 0 aromatic rings. The van der Waals surface area contributed by atoms with Crippen LogP contribution in [0.2, 0.25) is 0 Å². The summed E-state index contributed by atoms with van der Waals surface area (Å²) in [5.41, 5.74) is 5.52. The van der Waals surface area contributed by atoms with Crippen molar-refractivity contribution in [1.29, 1.82) is 0 Å². The van der Waals surface area contributed by atoms with Crippen LogP contribution in [0, 0.1) is 17.3 Å². The summed E-state index contributed by atoms with van der Waals surface area (Å²) in [6, 6.07) is -0.402. The first-order valence-corrected chi connectivity index (χ1v) is 8.33. The number of hydrogen-bond donors (Lipinski definition) is 1. The maximum atomic E-state index is 12.3. The van der Waals surface area contributed by atoms with Crippen LogP contribution in [-0.4, -0.2) is 47.9 Å². The van der Waals surface area contributed by atoms with Crippen LogP contribution in [0.3, 0.4) is 0 Å². The molecule has 1 heterocycles. The van der Waals surface area contributed by atoms with Gasteiger partial charge in [0.1, 0.15) is 0 Å². The summed E-state index contributed by atoms with van der Waals surface area (Å²) in [5.74, 6) is 1.13. The van der Waals surface area contributed by atoms with Crippen molar-refractivity contribution in [2.24, 2.45) is 23.0 Å². The average Bonchev–Trinajstić information content (AvgIpc) is 2.46. The largest absolute Gasteiger partial charge is 0.351 e. The predicted octanol–water partition coefficient (Wildman–Crippen LogP) is 2.23. The van der Waals surface area contributed by atoms with Crippen molar-refractivity contribution in [1.82, 2.24) is 9.80 Å². The Kier molecular flexibility index (Phi) is 5.14. The third-order valence-corrected chi connectivity index (χ3v) is 5.35. The molecule has 5 heteroatoms. The highest BCUT2D eigenvalue weighted by Gasteiger charge is 2.35. The Labute approximate surface area is 133 Å². The molecular formula is C17H29N3O2. The number of allylic oxidation sites excluding steroid dienone is 1. The number of primary amides is 1. The third-order valence-electron chi connectivity index (χ3n) is 5.35. The molecule has 2 atom stereocenters. The first-order valence-electron chi connectivity index (χ1n) is 8.33. The minimum atomic E-state index is -0.402. The molecule has 5 nitrogen and oxygen atoms in total. The summed E-state index contributed by atoms with van der Waals surface area (Å²) in [4.78, 5) is 26.8. The van der Waals surface area contributed by atoms with Gasteiger partial charge in [0.25, 0.3) is 0 Å². The van der Waals surface area contributed by atoms with Crippen molar-refractivity contribution < 1.29 is 9.59 Å². The van der Waals surface area contributed by atoms with Crippen LogP contribution in [0.5, 0.6) is 0 Å². The van der Waals surface area contributed by atoms with Crippen LogP contribution < -0.4 is 5.73 Å². The summed E-state index contributed by atoms with van der Waals surface area (Å²) < 4.78 is 0. The first-order chi connectivity index (χ1) is 10.3. The molecule has 2 aliphatic rings. The molecule has 22 heavy (non-hydrogen) atoms. The van der Waals surface area contributed by atoms with Gasteiger partial charge in [-0.1, -0.05) is 39.7 Å². The molecule has 3 amide bonds. The molecule has 0 aromatic carbocycles. The fourth-order valence-corrected chi connectivity index (χ4v) is 3.88. The molecule has 0 radical (unpaired) electrons. The van der Waals surface area contributed by atoms with Gasteiger partial charge in [0, 0.05) is 26.2 Å². The number of rotatable bonds is 2. The van der Waals surface area contributed by atoms with Crippen LogP contribution >= 0.6 is 0 Å². The van der Waals surface area contributed by atoms with Crippen LogP contribution in [0.1, 0.15) is 40.0 Å². The first kappa shape index (κ1) is 16.8. The lowest BCUT2D eigenvalue weighted by Crippen LogP contribution is -2.51. The molecule has 1 unspecified atom stereocenters. The molecule has 124 valence electrons. The summed E-state index contributed by atoms with van der Waals surface area (Å²) in [5, 5.41) is 0. The van der Waals surface area contributed by atoms with E-state index in [1.54, 1.807) is 15.9 Å². The van der Waals surface area contributed by atoms with Crippen LogP contribution in [0.25, 0.3) is 0 Å². The quantitative estimate of drug-likeness (QED) is 0.795. The number of carbonyl (C=O) groups excluding carboxylic acids is 2. The van der Waals surface area contributed by atoms with E-state index in [4.69, 9.17) is 5.73 Å². The van der Waals surface area contributed by atoms with Gasteiger partial charge in [0.15, 0.2) is 0 Å². The number of carbonyl (C=O) groups is 2. The van der Waals surface area contributed by atoms with Crippen molar-refractivity contribution in [2.75, 3.05) is 26.2 Å². The number of nitrogens with zero attached hydrogens (tertiary/aromatic N) is 2. The fourth-order valence-electron chi connectivity index (χ4n) is 3.88. The predicted molar refractivity (Wildman–Crippen MR) is 87.2 cm³/mol. The minimum absolute atomic E-state index is 0.0534. The van der Waals surface area contributed by atoms with E-state index >= 15 is 0 Å². The van der Waals surface area contributed by atoms with Crippen LogP contribution in [0.15, 0.2) is 12.2 Å². The van der Waals surface area contributed by atoms with Crippen molar-refractivity contribution in [3.8, 4) is 0 Å². The van der Waals surface area contributed by atoms with E-state index in [1.807, 2.05) is 0 Å². The van der Waals surface area contributed by atoms with E-state index in [0.29, 0.717) is 38.0 Å². The van der Waals surface area contributed by atoms with Crippen molar-refractivity contribution in [3.05, 3.63) is 12.2 Å². The summed E-state index contributed by atoms with van der Waals surface area (Å²) >= 11 is 0. The van der Waals surface area contributed by atoms with Gasteiger partial charge >= 0.3 is 6.03 Å². The van der Waals surface area contributed by atoms with Gasteiger partial charge in [-0.15, -0.1) is 0 Å². The topological polar surface area (TPSA) is 66.6 Å². The molecule has 1 saturated heterocycles. The van der Waals surface area contributed by atoms with Gasteiger partial charge < -0.3 is 15.5 Å². The minimum Gasteiger partial charge on any atom is -0.351 e. The SMILES string of the molecule is C[C@H]1CCCC(C)(C)C1/C=C/C(=O)N1CCN(C(N)=O)CC1. The van der Waals surface area contributed by atoms with E-state index in [1.165, 1.54) is 19.3 Å². The number of hydrogen-bond acceptors (Lipinski definition) is 2. The maximum absolute atomic E-state index is 12.3. The van der Waals surface area contributed by atoms with Crippen molar-refractivity contribution >= 4 is 11.9 Å². The fraction of sp³-hybridized carbons (Fsp3) is 0.765. The Morgan fingerprint density at radius 2 is 1.73 bits per heavy atom. The second-order valence-electron chi connectivity index (χ2n) is 7.39. The summed E-state index contributed by atoms with van der Waals surface area (Å²) in [7, 11) is 0. The highest BCUT2D eigenvalue weighted by Crippen LogP contribution is 2.44. The molecule has 1 saturated carbocycles. The van der Waals surface area contributed by atoms with Crippen LogP contribution in [-0.2, 0) is 4.79 Å². The molecule has 0 spiro atoms. The molecule has 1 aliphatic carbocycles. The second kappa shape index (κ2) is 6.71. The lowest BCUT2D eigenvalue weighted by molar-refractivity contribution is -0.127. The Hall–Kier alpha value is -1.52. The van der Waals surface area contributed by atoms with E-state index in [-0.39, 0.29) is 11.3 Å². The molecule has 0 bridgehead atoms. The van der Waals surface area contributed by atoms with E-state index in [2.05, 4.69) is 26.8 Å². The monoisotopic (exact) mass is 307 g/mol. The van der Waals surface area contributed by atoms with Gasteiger partial charge in [-0.05, 0) is 29.7 Å². The number of piperazine rings is 1. The normalized spacial score (nSPS) is 28.9. The molecule has 1 aliphatic heterocycles. The van der Waals surface area contributed by atoms with Gasteiger partial charge in [0.05, 0.1) is 0 Å². The molecular weight excluding hydrogens is 278 g/mol. The van der Waals surface area contributed by atoms with Crippen LogP contribution in [0.4, 0.5) is 4.79 Å². The van der Waals surface area contributed by atoms with Gasteiger partial charge in [-0.3, -0.25) is 4.79 Å². The van der Waals surface area contributed by atoms with Gasteiger partial charge in [-0.2, -0.15) is 0 Å².